The van der Waals surface area contributed by atoms with Crippen LogP contribution in [0.15, 0.2) is 23.2 Å². The third-order valence-corrected chi connectivity index (χ3v) is 4.33. The van der Waals surface area contributed by atoms with Crippen molar-refractivity contribution in [2.24, 2.45) is 10.9 Å². The zero-order valence-electron chi connectivity index (χ0n) is 13.6. The largest absolute Gasteiger partial charge is 0.454 e. The lowest BCUT2D eigenvalue weighted by atomic mass is 9.95. The molecule has 0 amide bonds. The van der Waals surface area contributed by atoms with E-state index in [0.717, 1.165) is 30.5 Å². The fourth-order valence-electron chi connectivity index (χ4n) is 2.72. The number of aliphatic imine (C=N–C) groups is 1. The van der Waals surface area contributed by atoms with Crippen molar-refractivity contribution in [2.75, 3.05) is 26.9 Å². The number of nitrogens with zero attached hydrogens (tertiary/aromatic N) is 1. The van der Waals surface area contributed by atoms with Crippen LogP contribution >= 0.6 is 0 Å². The molecule has 1 heterocycles. The molecule has 2 aliphatic rings. The first kappa shape index (κ1) is 15.0. The van der Waals surface area contributed by atoms with Gasteiger partial charge in [-0.25, -0.2) is 0 Å². The molecule has 3 rings (SSSR count). The van der Waals surface area contributed by atoms with Crippen molar-refractivity contribution in [3.63, 3.8) is 0 Å². The van der Waals surface area contributed by atoms with Crippen LogP contribution < -0.4 is 20.1 Å². The van der Waals surface area contributed by atoms with Gasteiger partial charge in [-0.15, -0.1) is 0 Å². The van der Waals surface area contributed by atoms with Crippen LogP contribution in [0.5, 0.6) is 11.5 Å². The fourth-order valence-corrected chi connectivity index (χ4v) is 2.72. The summed E-state index contributed by atoms with van der Waals surface area (Å²) < 4.78 is 10.9. The summed E-state index contributed by atoms with van der Waals surface area (Å²) in [5.41, 5.74) is 1.53. The van der Waals surface area contributed by atoms with Crippen LogP contribution in [0.25, 0.3) is 0 Å². The minimum Gasteiger partial charge on any atom is -0.454 e. The first-order chi connectivity index (χ1) is 10.6. The maximum Gasteiger partial charge on any atom is 0.231 e. The second-order valence-corrected chi connectivity index (χ2v) is 6.55. The average molecular weight is 303 g/mol. The van der Waals surface area contributed by atoms with E-state index in [4.69, 9.17) is 9.47 Å². The highest BCUT2D eigenvalue weighted by Gasteiger charge is 2.44. The highest BCUT2D eigenvalue weighted by atomic mass is 16.7. The number of benzene rings is 1. The normalized spacial score (nSPS) is 18.5. The first-order valence-corrected chi connectivity index (χ1v) is 7.98. The van der Waals surface area contributed by atoms with Crippen LogP contribution in [0.3, 0.4) is 0 Å². The molecule has 1 fully saturated rings. The van der Waals surface area contributed by atoms with Crippen LogP contribution in [-0.4, -0.2) is 32.9 Å². The van der Waals surface area contributed by atoms with Gasteiger partial charge >= 0.3 is 0 Å². The Hall–Kier alpha value is -1.91. The molecular weight excluding hydrogens is 278 g/mol. The van der Waals surface area contributed by atoms with Gasteiger partial charge in [0.25, 0.3) is 0 Å². The van der Waals surface area contributed by atoms with Gasteiger partial charge in [-0.3, -0.25) is 4.99 Å². The SMILES string of the molecule is CN=C(NCC(C)C)NCC1(c2ccc3c(c2)OCO3)CC1. The number of fused-ring (bicyclic) bond motifs is 1. The van der Waals surface area contributed by atoms with E-state index in [1.165, 1.54) is 18.4 Å². The van der Waals surface area contributed by atoms with Gasteiger partial charge in [-0.1, -0.05) is 19.9 Å². The van der Waals surface area contributed by atoms with Gasteiger partial charge in [-0.2, -0.15) is 0 Å². The van der Waals surface area contributed by atoms with Crippen LogP contribution in [0.1, 0.15) is 32.3 Å². The van der Waals surface area contributed by atoms with E-state index >= 15 is 0 Å². The van der Waals surface area contributed by atoms with Gasteiger partial charge in [-0.05, 0) is 36.5 Å². The van der Waals surface area contributed by atoms with Crippen LogP contribution in [0, 0.1) is 5.92 Å². The standard InChI is InChI=1S/C17H25N3O2/c1-12(2)9-19-16(18-3)20-10-17(6-7-17)13-4-5-14-15(8-13)22-11-21-14/h4-5,8,12H,6-7,9-11H2,1-3H3,(H2,18,19,20). The molecule has 0 unspecified atom stereocenters. The van der Waals surface area contributed by atoms with Crippen molar-refractivity contribution in [3.05, 3.63) is 23.8 Å². The molecule has 120 valence electrons. The van der Waals surface area contributed by atoms with Gasteiger partial charge in [0.15, 0.2) is 17.5 Å². The fraction of sp³-hybridized carbons (Fsp3) is 0.588. The molecular formula is C17H25N3O2. The Morgan fingerprint density at radius 2 is 2.00 bits per heavy atom. The summed E-state index contributed by atoms with van der Waals surface area (Å²) in [4.78, 5) is 4.29. The minimum absolute atomic E-state index is 0.205. The quantitative estimate of drug-likeness (QED) is 0.647. The van der Waals surface area contributed by atoms with E-state index in [-0.39, 0.29) is 5.41 Å². The summed E-state index contributed by atoms with van der Waals surface area (Å²) in [6.07, 6.45) is 2.39. The molecule has 2 N–H and O–H groups in total. The van der Waals surface area contributed by atoms with Crippen LogP contribution in [0.4, 0.5) is 0 Å². The van der Waals surface area contributed by atoms with E-state index in [1.54, 1.807) is 0 Å². The zero-order valence-corrected chi connectivity index (χ0v) is 13.6. The van der Waals surface area contributed by atoms with Crippen LogP contribution in [-0.2, 0) is 5.41 Å². The molecule has 1 aromatic carbocycles. The maximum atomic E-state index is 5.50. The molecule has 0 bridgehead atoms. The topological polar surface area (TPSA) is 54.9 Å². The Morgan fingerprint density at radius 1 is 1.23 bits per heavy atom. The van der Waals surface area contributed by atoms with Crippen molar-refractivity contribution in [3.8, 4) is 11.5 Å². The molecule has 0 saturated heterocycles. The molecule has 0 radical (unpaired) electrons. The Balaban J connectivity index is 1.62. The van der Waals surface area contributed by atoms with Gasteiger partial charge in [0.2, 0.25) is 6.79 Å². The Morgan fingerprint density at radius 3 is 2.68 bits per heavy atom. The molecule has 0 spiro atoms. The predicted octanol–water partition coefficient (Wildman–Crippen LogP) is 2.27. The monoisotopic (exact) mass is 303 g/mol. The molecule has 22 heavy (non-hydrogen) atoms. The number of nitrogens with one attached hydrogen (secondary N) is 2. The molecule has 1 saturated carbocycles. The molecule has 0 atom stereocenters. The second kappa shape index (κ2) is 6.07. The smallest absolute Gasteiger partial charge is 0.231 e. The van der Waals surface area contributed by atoms with E-state index < -0.39 is 0 Å². The summed E-state index contributed by atoms with van der Waals surface area (Å²) in [5.74, 6) is 3.19. The van der Waals surface area contributed by atoms with Gasteiger partial charge in [0.05, 0.1) is 0 Å². The number of guanidine groups is 1. The lowest BCUT2D eigenvalue weighted by molar-refractivity contribution is 0.174. The summed E-state index contributed by atoms with van der Waals surface area (Å²) >= 11 is 0. The maximum absolute atomic E-state index is 5.50. The van der Waals surface area contributed by atoms with E-state index in [0.29, 0.717) is 12.7 Å². The molecule has 1 aliphatic heterocycles. The number of hydrogen-bond acceptors (Lipinski definition) is 3. The third kappa shape index (κ3) is 3.13. The van der Waals surface area contributed by atoms with Gasteiger partial charge < -0.3 is 20.1 Å². The molecule has 5 nitrogen and oxygen atoms in total. The number of rotatable bonds is 5. The first-order valence-electron chi connectivity index (χ1n) is 7.98. The zero-order chi connectivity index (χ0) is 15.6. The highest BCUT2D eigenvalue weighted by Crippen LogP contribution is 2.49. The van der Waals surface area contributed by atoms with Crippen molar-refractivity contribution in [1.29, 1.82) is 0 Å². The third-order valence-electron chi connectivity index (χ3n) is 4.33. The Bertz CT molecular complexity index is 565. The minimum atomic E-state index is 0.205. The van der Waals surface area contributed by atoms with Gasteiger partial charge in [0, 0.05) is 25.6 Å². The van der Waals surface area contributed by atoms with Crippen molar-refractivity contribution in [1.82, 2.24) is 10.6 Å². The van der Waals surface area contributed by atoms with Crippen molar-refractivity contribution >= 4 is 5.96 Å². The molecule has 1 aliphatic carbocycles. The average Bonchev–Trinajstić information content (AvgIpc) is 3.16. The van der Waals surface area contributed by atoms with Crippen molar-refractivity contribution < 1.29 is 9.47 Å². The Labute approximate surface area is 132 Å². The van der Waals surface area contributed by atoms with Crippen molar-refractivity contribution in [2.45, 2.75) is 32.1 Å². The molecule has 5 heteroatoms. The van der Waals surface area contributed by atoms with E-state index in [9.17, 15) is 0 Å². The van der Waals surface area contributed by atoms with Gasteiger partial charge in [0.1, 0.15) is 0 Å². The van der Waals surface area contributed by atoms with E-state index in [2.05, 4.69) is 41.6 Å². The predicted molar refractivity (Wildman–Crippen MR) is 87.7 cm³/mol. The summed E-state index contributed by atoms with van der Waals surface area (Å²) in [6.45, 7) is 6.53. The van der Waals surface area contributed by atoms with E-state index in [1.807, 2.05) is 13.1 Å². The second-order valence-electron chi connectivity index (χ2n) is 6.55. The molecule has 1 aromatic rings. The van der Waals surface area contributed by atoms with Crippen LogP contribution in [0.2, 0.25) is 0 Å². The highest BCUT2D eigenvalue weighted by molar-refractivity contribution is 5.79. The molecule has 0 aromatic heterocycles. The number of hydrogen-bond donors (Lipinski definition) is 2. The number of ether oxygens (including phenoxy) is 2. The summed E-state index contributed by atoms with van der Waals surface area (Å²) in [6, 6.07) is 6.30. The Kier molecular flexibility index (Phi) is 4.14. The summed E-state index contributed by atoms with van der Waals surface area (Å²) in [5, 5.41) is 6.82. The lowest BCUT2D eigenvalue weighted by Gasteiger charge is -2.20. The summed E-state index contributed by atoms with van der Waals surface area (Å²) in [7, 11) is 1.82. The lowest BCUT2D eigenvalue weighted by Crippen LogP contribution is -2.42.